The number of ether oxygens (including phenoxy) is 1. The SMILES string of the molecule is CCOC(=O)C1=C(C)NC(=O)NC1CC#N. The maximum Gasteiger partial charge on any atom is 0.337 e. The second-order valence-corrected chi connectivity index (χ2v) is 3.27. The highest BCUT2D eigenvalue weighted by Crippen LogP contribution is 2.16. The van der Waals surface area contributed by atoms with Gasteiger partial charge in [0.1, 0.15) is 0 Å². The molecule has 1 aliphatic rings. The molecule has 0 fully saturated rings. The van der Waals surface area contributed by atoms with Crippen LogP contribution >= 0.6 is 0 Å². The van der Waals surface area contributed by atoms with Crippen molar-refractivity contribution in [3.05, 3.63) is 11.3 Å². The van der Waals surface area contributed by atoms with Gasteiger partial charge in [0, 0.05) is 5.70 Å². The van der Waals surface area contributed by atoms with E-state index in [1.54, 1.807) is 13.8 Å². The third-order valence-corrected chi connectivity index (χ3v) is 2.15. The predicted octanol–water partition coefficient (Wildman–Crippen LogP) is 0.419. The smallest absolute Gasteiger partial charge is 0.337 e. The van der Waals surface area contributed by atoms with Crippen LogP contribution in [-0.4, -0.2) is 24.6 Å². The molecule has 16 heavy (non-hydrogen) atoms. The van der Waals surface area contributed by atoms with E-state index in [1.807, 2.05) is 6.07 Å². The molecule has 1 atom stereocenters. The van der Waals surface area contributed by atoms with Crippen molar-refractivity contribution < 1.29 is 14.3 Å². The molecule has 1 aliphatic heterocycles. The van der Waals surface area contributed by atoms with E-state index >= 15 is 0 Å². The summed E-state index contributed by atoms with van der Waals surface area (Å²) in [6, 6.07) is 0.910. The van der Waals surface area contributed by atoms with Gasteiger partial charge in [-0.25, -0.2) is 9.59 Å². The molecule has 0 aromatic rings. The first kappa shape index (κ1) is 12.0. The molecule has 1 heterocycles. The fourth-order valence-corrected chi connectivity index (χ4v) is 1.51. The molecule has 6 heteroatoms. The summed E-state index contributed by atoms with van der Waals surface area (Å²) in [7, 11) is 0. The molecule has 0 saturated heterocycles. The maximum atomic E-state index is 11.6. The Morgan fingerprint density at radius 1 is 1.62 bits per heavy atom. The summed E-state index contributed by atoms with van der Waals surface area (Å²) in [4.78, 5) is 22.8. The van der Waals surface area contributed by atoms with Crippen LogP contribution in [0.25, 0.3) is 0 Å². The van der Waals surface area contributed by atoms with E-state index in [1.165, 1.54) is 0 Å². The first-order valence-electron chi connectivity index (χ1n) is 4.92. The third-order valence-electron chi connectivity index (χ3n) is 2.15. The number of nitrogens with one attached hydrogen (secondary N) is 2. The minimum Gasteiger partial charge on any atom is -0.463 e. The van der Waals surface area contributed by atoms with Crippen molar-refractivity contribution in [2.24, 2.45) is 0 Å². The highest BCUT2D eigenvalue weighted by Gasteiger charge is 2.30. The normalized spacial score (nSPS) is 19.6. The number of allylic oxidation sites excluding steroid dienone is 1. The summed E-state index contributed by atoms with van der Waals surface area (Å²) in [5.41, 5.74) is 0.741. The van der Waals surface area contributed by atoms with Gasteiger partial charge in [0.15, 0.2) is 0 Å². The number of nitrogens with zero attached hydrogens (tertiary/aromatic N) is 1. The monoisotopic (exact) mass is 223 g/mol. The molecule has 1 unspecified atom stereocenters. The van der Waals surface area contributed by atoms with Crippen LogP contribution in [-0.2, 0) is 9.53 Å². The molecule has 86 valence electrons. The third kappa shape index (κ3) is 2.51. The van der Waals surface area contributed by atoms with Crippen molar-refractivity contribution in [2.75, 3.05) is 6.61 Å². The van der Waals surface area contributed by atoms with E-state index in [4.69, 9.17) is 10.00 Å². The van der Waals surface area contributed by atoms with Crippen LogP contribution in [0.5, 0.6) is 0 Å². The van der Waals surface area contributed by atoms with Gasteiger partial charge in [-0.15, -0.1) is 0 Å². The predicted molar refractivity (Wildman–Crippen MR) is 55.0 cm³/mol. The average Bonchev–Trinajstić information content (AvgIpc) is 2.17. The van der Waals surface area contributed by atoms with Gasteiger partial charge in [-0.05, 0) is 13.8 Å². The molecule has 6 nitrogen and oxygen atoms in total. The van der Waals surface area contributed by atoms with Gasteiger partial charge in [0.2, 0.25) is 0 Å². The largest absolute Gasteiger partial charge is 0.463 e. The van der Waals surface area contributed by atoms with Crippen molar-refractivity contribution in [3.63, 3.8) is 0 Å². The van der Waals surface area contributed by atoms with Gasteiger partial charge in [0.25, 0.3) is 0 Å². The lowest BCUT2D eigenvalue weighted by atomic mass is 10.0. The minimum absolute atomic E-state index is 0.0406. The van der Waals surface area contributed by atoms with Crippen molar-refractivity contribution in [1.29, 1.82) is 5.26 Å². The number of esters is 1. The standard InChI is InChI=1S/C10H13N3O3/c1-3-16-9(14)8-6(2)12-10(15)13-7(8)4-5-11/h7H,3-4H2,1-2H3,(H2,12,13,15). The zero-order chi connectivity index (χ0) is 12.1. The number of carbonyl (C=O) groups excluding carboxylic acids is 2. The highest BCUT2D eigenvalue weighted by molar-refractivity contribution is 5.94. The van der Waals surface area contributed by atoms with Crippen molar-refractivity contribution >= 4 is 12.0 Å². The Hall–Kier alpha value is -2.03. The van der Waals surface area contributed by atoms with Gasteiger partial charge in [-0.3, -0.25) is 0 Å². The molecule has 0 saturated carbocycles. The summed E-state index contributed by atoms with van der Waals surface area (Å²) in [6.07, 6.45) is 0.0406. The van der Waals surface area contributed by atoms with Crippen molar-refractivity contribution in [3.8, 4) is 6.07 Å². The van der Waals surface area contributed by atoms with Crippen LogP contribution in [0.3, 0.4) is 0 Å². The number of urea groups is 1. The van der Waals surface area contributed by atoms with Crippen LogP contribution in [0.1, 0.15) is 20.3 Å². The number of rotatable bonds is 3. The molecule has 0 radical (unpaired) electrons. The van der Waals surface area contributed by atoms with Crippen LogP contribution < -0.4 is 10.6 Å². The van der Waals surface area contributed by atoms with E-state index in [0.717, 1.165) is 0 Å². The van der Waals surface area contributed by atoms with E-state index in [0.29, 0.717) is 11.3 Å². The number of hydrogen-bond acceptors (Lipinski definition) is 4. The number of amides is 2. The van der Waals surface area contributed by atoms with E-state index in [2.05, 4.69) is 10.6 Å². The van der Waals surface area contributed by atoms with E-state index < -0.39 is 18.0 Å². The topological polar surface area (TPSA) is 91.2 Å². The molecule has 2 N–H and O–H groups in total. The van der Waals surface area contributed by atoms with Gasteiger partial charge in [-0.2, -0.15) is 5.26 Å². The second kappa shape index (κ2) is 5.16. The Balaban J connectivity index is 2.98. The Morgan fingerprint density at radius 2 is 2.31 bits per heavy atom. The van der Waals surface area contributed by atoms with Gasteiger partial charge >= 0.3 is 12.0 Å². The lowest BCUT2D eigenvalue weighted by molar-refractivity contribution is -0.139. The zero-order valence-electron chi connectivity index (χ0n) is 9.16. The quantitative estimate of drug-likeness (QED) is 0.678. The van der Waals surface area contributed by atoms with Crippen LogP contribution in [0.2, 0.25) is 0 Å². The van der Waals surface area contributed by atoms with Gasteiger partial charge in [0.05, 0.1) is 30.7 Å². The highest BCUT2D eigenvalue weighted by atomic mass is 16.5. The lowest BCUT2D eigenvalue weighted by Gasteiger charge is -2.25. The second-order valence-electron chi connectivity index (χ2n) is 3.27. The maximum absolute atomic E-state index is 11.6. The fourth-order valence-electron chi connectivity index (χ4n) is 1.51. The molecular weight excluding hydrogens is 210 g/mol. The number of carbonyl (C=O) groups is 2. The number of nitriles is 1. The molecule has 0 aliphatic carbocycles. The fraction of sp³-hybridized carbons (Fsp3) is 0.500. The van der Waals surface area contributed by atoms with Gasteiger partial charge < -0.3 is 15.4 Å². The molecule has 2 amide bonds. The molecular formula is C10H13N3O3. The van der Waals surface area contributed by atoms with Gasteiger partial charge in [-0.1, -0.05) is 0 Å². The first-order chi connectivity index (χ1) is 7.60. The van der Waals surface area contributed by atoms with Crippen molar-refractivity contribution in [1.82, 2.24) is 10.6 Å². The Labute approximate surface area is 93.3 Å². The van der Waals surface area contributed by atoms with E-state index in [-0.39, 0.29) is 13.0 Å². The zero-order valence-corrected chi connectivity index (χ0v) is 9.16. The first-order valence-corrected chi connectivity index (χ1v) is 4.92. The Morgan fingerprint density at radius 3 is 2.88 bits per heavy atom. The minimum atomic E-state index is -0.599. The Kier molecular flexibility index (Phi) is 3.89. The average molecular weight is 223 g/mol. The summed E-state index contributed by atoms with van der Waals surface area (Å²) in [5.74, 6) is -0.507. The summed E-state index contributed by atoms with van der Waals surface area (Å²) in [6.45, 7) is 3.56. The Bertz CT molecular complexity index is 381. The van der Waals surface area contributed by atoms with Crippen LogP contribution in [0.15, 0.2) is 11.3 Å². The molecule has 0 spiro atoms. The number of hydrogen-bond donors (Lipinski definition) is 2. The van der Waals surface area contributed by atoms with Crippen LogP contribution in [0.4, 0.5) is 4.79 Å². The van der Waals surface area contributed by atoms with Crippen LogP contribution in [0, 0.1) is 11.3 Å². The molecule has 1 rings (SSSR count). The summed E-state index contributed by atoms with van der Waals surface area (Å²) < 4.78 is 4.87. The molecule has 0 aromatic carbocycles. The lowest BCUT2D eigenvalue weighted by Crippen LogP contribution is -2.49. The van der Waals surface area contributed by atoms with Crippen molar-refractivity contribution in [2.45, 2.75) is 26.3 Å². The summed E-state index contributed by atoms with van der Waals surface area (Å²) >= 11 is 0. The molecule has 0 aromatic heterocycles. The van der Waals surface area contributed by atoms with E-state index in [9.17, 15) is 9.59 Å². The molecule has 0 bridgehead atoms. The summed E-state index contributed by atoms with van der Waals surface area (Å²) in [5, 5.41) is 13.6.